The zero-order valence-corrected chi connectivity index (χ0v) is 32.2. The van der Waals surface area contributed by atoms with E-state index < -0.39 is 84.6 Å². The molecule has 53 heavy (non-hydrogen) atoms. The molecular weight excluding hydrogens is 795 g/mol. The van der Waals surface area contributed by atoms with Crippen LogP contribution in [0.5, 0.6) is 0 Å². The molecule has 28 heteroatoms. The number of nitrogens with zero attached hydrogens (tertiary/aromatic N) is 4. The molecule has 0 spiro atoms. The number of phosphoric acid groups is 3. The van der Waals surface area contributed by atoms with E-state index in [1.807, 2.05) is 0 Å². The number of ether oxygens (including phenoxy) is 1. The molecule has 2 unspecified atom stereocenters. The van der Waals surface area contributed by atoms with E-state index >= 15 is 0 Å². The van der Waals surface area contributed by atoms with Crippen molar-refractivity contribution in [1.29, 1.82) is 0 Å². The Labute approximate surface area is 306 Å². The standard InChI is InChI=1S/C25H42N7O17P3S/c1-13(2)24(37)53-8-7-27-15(33)5-6-28-22(36)19(35)25(3,4)10-46-52(43,44)49-51(41,42)45-9-14-18(48-50(38,39)40)17(34)23(47-14)32-12-31-16-20(26)29-11-30-21(16)32/h11-14,17-19,23,34-35H,5-10H2,1-4H3,(H,27,33)(H,28,36)(H,41,42)(H,43,44)(H2,26,29,30)(H2,38,39,40)/t14-,17+,18-,19-,23-/m0/s1. The van der Waals surface area contributed by atoms with Crippen LogP contribution in [0.2, 0.25) is 0 Å². The van der Waals surface area contributed by atoms with Gasteiger partial charge in [-0.25, -0.2) is 28.6 Å². The van der Waals surface area contributed by atoms with Gasteiger partial charge in [0, 0.05) is 36.6 Å². The number of aromatic nitrogens is 4. The summed E-state index contributed by atoms with van der Waals surface area (Å²) in [6, 6.07) is 0. The monoisotopic (exact) mass is 837 g/mol. The summed E-state index contributed by atoms with van der Waals surface area (Å²) < 4.78 is 61.9. The van der Waals surface area contributed by atoms with Crippen LogP contribution < -0.4 is 16.4 Å². The molecule has 2 aromatic heterocycles. The molecule has 1 saturated heterocycles. The number of aliphatic hydroxyl groups excluding tert-OH is 2. The van der Waals surface area contributed by atoms with Crippen molar-refractivity contribution in [2.24, 2.45) is 11.3 Å². The third-order valence-electron chi connectivity index (χ3n) is 7.22. The van der Waals surface area contributed by atoms with Crippen LogP contribution >= 0.6 is 35.2 Å². The maximum Gasteiger partial charge on any atom is 0.481 e. The minimum atomic E-state index is -5.56. The van der Waals surface area contributed by atoms with E-state index in [0.29, 0.717) is 5.75 Å². The number of nitrogens with two attached hydrogens (primary N) is 1. The van der Waals surface area contributed by atoms with Crippen LogP contribution in [0.1, 0.15) is 40.3 Å². The van der Waals surface area contributed by atoms with Crippen molar-refractivity contribution in [3.8, 4) is 0 Å². The Hall–Kier alpha value is -2.44. The van der Waals surface area contributed by atoms with Crippen LogP contribution in [-0.2, 0) is 50.7 Å². The van der Waals surface area contributed by atoms with Gasteiger partial charge in [0.1, 0.15) is 36.3 Å². The number of phosphoric ester groups is 3. The van der Waals surface area contributed by atoms with Gasteiger partial charge < -0.3 is 50.9 Å². The van der Waals surface area contributed by atoms with Gasteiger partial charge in [0.05, 0.1) is 19.5 Å². The molecule has 1 aliphatic rings. The molecule has 0 aliphatic carbocycles. The molecule has 0 saturated carbocycles. The molecule has 2 aromatic rings. The van der Waals surface area contributed by atoms with E-state index in [1.54, 1.807) is 13.8 Å². The first kappa shape index (κ1) is 45.0. The second-order valence-electron chi connectivity index (χ2n) is 12.4. The van der Waals surface area contributed by atoms with Crippen molar-refractivity contribution >= 4 is 69.1 Å². The van der Waals surface area contributed by atoms with Gasteiger partial charge in [0.25, 0.3) is 0 Å². The number of anilines is 1. The van der Waals surface area contributed by atoms with Crippen LogP contribution in [0, 0.1) is 11.3 Å². The SMILES string of the molecule is CC(C)C(=O)SCCNC(=O)CCNC(=O)[C@H](O)C(C)(C)COP(=O)(O)OP(=O)(O)OC[C@@H]1O[C@H](n2cnc3c(N)ncnc32)[C@H](O)[C@H]1OP(=O)(O)O. The summed E-state index contributed by atoms with van der Waals surface area (Å²) in [6.07, 6.45) is -6.89. The molecule has 0 aromatic carbocycles. The van der Waals surface area contributed by atoms with E-state index in [4.69, 9.17) is 19.5 Å². The Balaban J connectivity index is 1.52. The Morgan fingerprint density at radius 3 is 2.36 bits per heavy atom. The lowest BCUT2D eigenvalue weighted by molar-refractivity contribution is -0.137. The minimum Gasteiger partial charge on any atom is -0.386 e. The predicted octanol–water partition coefficient (Wildman–Crippen LogP) is -0.679. The summed E-state index contributed by atoms with van der Waals surface area (Å²) in [5.74, 6) is -1.22. The van der Waals surface area contributed by atoms with Crippen molar-refractivity contribution in [2.45, 2.75) is 64.8 Å². The number of nitrogen functional groups attached to an aromatic ring is 1. The maximum atomic E-state index is 12.6. The third kappa shape index (κ3) is 13.4. The van der Waals surface area contributed by atoms with Gasteiger partial charge in [-0.1, -0.05) is 39.5 Å². The highest BCUT2D eigenvalue weighted by atomic mass is 32.2. The van der Waals surface area contributed by atoms with E-state index in [0.717, 1.165) is 29.0 Å². The molecule has 3 rings (SSSR count). The van der Waals surface area contributed by atoms with E-state index in [1.165, 1.54) is 13.8 Å². The first-order valence-electron chi connectivity index (χ1n) is 15.5. The van der Waals surface area contributed by atoms with Gasteiger partial charge in [-0.2, -0.15) is 4.31 Å². The van der Waals surface area contributed by atoms with Crippen LogP contribution in [-0.4, -0.2) is 123 Å². The van der Waals surface area contributed by atoms with Crippen molar-refractivity contribution < 1.29 is 80.5 Å². The molecule has 3 heterocycles. The fourth-order valence-corrected chi connectivity index (χ4v) is 8.02. The molecule has 2 amide bonds. The first-order chi connectivity index (χ1) is 24.4. The summed E-state index contributed by atoms with van der Waals surface area (Å²) in [5.41, 5.74) is 4.26. The number of hydrogen-bond acceptors (Lipinski definition) is 18. The minimum absolute atomic E-state index is 0.0174. The summed E-state index contributed by atoms with van der Waals surface area (Å²) >= 11 is 1.08. The summed E-state index contributed by atoms with van der Waals surface area (Å²) in [5, 5.41) is 26.3. The van der Waals surface area contributed by atoms with Crippen molar-refractivity contribution in [1.82, 2.24) is 30.2 Å². The second-order valence-corrected chi connectivity index (χ2v) is 17.7. The fourth-order valence-electron chi connectivity index (χ4n) is 4.45. The lowest BCUT2D eigenvalue weighted by Gasteiger charge is -2.30. The normalized spacial score (nSPS) is 22.3. The Kier molecular flexibility index (Phi) is 15.7. The number of thioether (sulfide) groups is 1. The lowest BCUT2D eigenvalue weighted by Crippen LogP contribution is -2.46. The molecule has 300 valence electrons. The Morgan fingerprint density at radius 1 is 1.06 bits per heavy atom. The molecular formula is C25H42N7O17P3S. The van der Waals surface area contributed by atoms with Crippen molar-refractivity contribution in [2.75, 3.05) is 37.8 Å². The van der Waals surface area contributed by atoms with Crippen molar-refractivity contribution in [3.63, 3.8) is 0 Å². The smallest absolute Gasteiger partial charge is 0.386 e. The predicted molar refractivity (Wildman–Crippen MR) is 182 cm³/mol. The average Bonchev–Trinajstić information content (AvgIpc) is 3.60. The second kappa shape index (κ2) is 18.5. The number of imidazole rings is 1. The zero-order chi connectivity index (χ0) is 39.9. The van der Waals surface area contributed by atoms with Gasteiger partial charge >= 0.3 is 23.5 Å². The van der Waals surface area contributed by atoms with Gasteiger partial charge in [-0.05, 0) is 0 Å². The number of carbonyl (C=O) groups excluding carboxylic acids is 3. The zero-order valence-electron chi connectivity index (χ0n) is 28.7. The molecule has 0 bridgehead atoms. The number of fused-ring (bicyclic) bond motifs is 1. The van der Waals surface area contributed by atoms with E-state index in [2.05, 4.69) is 34.4 Å². The van der Waals surface area contributed by atoms with Crippen molar-refractivity contribution in [3.05, 3.63) is 12.7 Å². The maximum absolute atomic E-state index is 12.6. The number of rotatable bonds is 20. The third-order valence-corrected chi connectivity index (χ3v) is 11.5. The van der Waals surface area contributed by atoms with Gasteiger partial charge in [-0.15, -0.1) is 0 Å². The largest absolute Gasteiger partial charge is 0.481 e. The molecule has 10 N–H and O–H groups in total. The molecule has 1 aliphatic heterocycles. The van der Waals surface area contributed by atoms with Gasteiger partial charge in [0.15, 0.2) is 22.8 Å². The molecule has 1 fully saturated rings. The average molecular weight is 838 g/mol. The van der Waals surface area contributed by atoms with E-state index in [-0.39, 0.29) is 47.5 Å². The lowest BCUT2D eigenvalue weighted by atomic mass is 9.87. The fraction of sp³-hybridized carbons (Fsp3) is 0.680. The summed E-state index contributed by atoms with van der Waals surface area (Å²) in [7, 11) is -16.4. The van der Waals surface area contributed by atoms with Crippen LogP contribution in [0.15, 0.2) is 12.7 Å². The first-order valence-corrected chi connectivity index (χ1v) is 21.0. The Morgan fingerprint density at radius 2 is 1.72 bits per heavy atom. The highest BCUT2D eigenvalue weighted by molar-refractivity contribution is 8.13. The molecule has 7 atom stereocenters. The van der Waals surface area contributed by atoms with E-state index in [9.17, 15) is 57.9 Å². The number of carbonyl (C=O) groups is 3. The quantitative estimate of drug-likeness (QED) is 0.0589. The van der Waals surface area contributed by atoms with Crippen LogP contribution in [0.4, 0.5) is 5.82 Å². The number of amides is 2. The molecule has 0 radical (unpaired) electrons. The van der Waals surface area contributed by atoms with Gasteiger partial charge in [0.2, 0.25) is 11.8 Å². The number of aliphatic hydroxyl groups is 2. The molecule has 24 nitrogen and oxygen atoms in total. The highest BCUT2D eigenvalue weighted by Crippen LogP contribution is 2.61. The van der Waals surface area contributed by atoms with Gasteiger partial charge in [-0.3, -0.25) is 32.5 Å². The number of nitrogens with one attached hydrogen (secondary N) is 2. The van der Waals surface area contributed by atoms with Crippen LogP contribution in [0.25, 0.3) is 11.2 Å². The Bertz CT molecular complexity index is 1760. The topological polar surface area (TPSA) is 364 Å². The number of hydrogen-bond donors (Lipinski definition) is 9. The highest BCUT2D eigenvalue weighted by Gasteiger charge is 2.50. The summed E-state index contributed by atoms with van der Waals surface area (Å²) in [6.45, 7) is 4.03. The van der Waals surface area contributed by atoms with Crippen LogP contribution in [0.3, 0.4) is 0 Å². The summed E-state index contributed by atoms with van der Waals surface area (Å²) in [4.78, 5) is 86.9.